The lowest BCUT2D eigenvalue weighted by Crippen LogP contribution is -2.36. The van der Waals surface area contributed by atoms with Crippen LogP contribution in [0.2, 0.25) is 0 Å². The second-order valence-corrected chi connectivity index (χ2v) is 12.6. The average Bonchev–Trinajstić information content (AvgIpc) is 3.75. The maximum atomic E-state index is 13.4. The minimum atomic E-state index is -4.16. The van der Waals surface area contributed by atoms with E-state index in [1.807, 2.05) is 60.4 Å². The Morgan fingerprint density at radius 1 is 1.07 bits per heavy atom. The van der Waals surface area contributed by atoms with Crippen molar-refractivity contribution >= 4 is 27.8 Å². The summed E-state index contributed by atoms with van der Waals surface area (Å²) in [6, 6.07) is 19.8. The van der Waals surface area contributed by atoms with Crippen molar-refractivity contribution in [3.8, 4) is 16.9 Å². The number of nitrogens with one attached hydrogen (secondary N) is 1. The van der Waals surface area contributed by atoms with Gasteiger partial charge in [0.25, 0.3) is 10.1 Å². The number of carbonyl (C=O) groups is 2. The van der Waals surface area contributed by atoms with E-state index in [4.69, 9.17) is 14.0 Å². The molecule has 2 amide bonds. The highest BCUT2D eigenvalue weighted by atomic mass is 32.2. The van der Waals surface area contributed by atoms with Crippen molar-refractivity contribution in [2.75, 3.05) is 30.3 Å². The second kappa shape index (κ2) is 12.5. The van der Waals surface area contributed by atoms with Crippen LogP contribution in [-0.4, -0.2) is 50.4 Å². The van der Waals surface area contributed by atoms with Crippen LogP contribution in [0, 0.1) is 19.8 Å². The summed E-state index contributed by atoms with van der Waals surface area (Å²) < 4.78 is 41.6. The molecule has 2 aliphatic rings. The van der Waals surface area contributed by atoms with Crippen LogP contribution in [0.4, 0.5) is 10.5 Å². The van der Waals surface area contributed by atoms with Crippen molar-refractivity contribution in [1.82, 2.24) is 5.32 Å². The zero-order valence-corrected chi connectivity index (χ0v) is 24.7. The molecular weight excluding hydrogens is 556 g/mol. The molecule has 0 saturated heterocycles. The standard InChI is InChI=1S/C32H36N2O7S/c1-21-7-3-12-29(22(21)2)40-15-6-13-30(35)34-19-25-18-27(25)31-26(10-5-11-28(31)34)24-9-4-8-23(17-24)20-41-32(36)33-14-16-42(37,38)39/h3-5,7-12,17,25,27H,6,13-16,18-20H2,1-2H3,(H,33,36)(H,37,38,39). The number of amides is 2. The highest BCUT2D eigenvalue weighted by Crippen LogP contribution is 2.57. The number of alkyl carbamates (subject to hydrolysis) is 1. The van der Waals surface area contributed by atoms with E-state index >= 15 is 0 Å². The number of benzene rings is 3. The van der Waals surface area contributed by atoms with Crippen LogP contribution in [0.1, 0.15) is 47.4 Å². The summed E-state index contributed by atoms with van der Waals surface area (Å²) >= 11 is 0. The zero-order chi connectivity index (χ0) is 29.9. The van der Waals surface area contributed by atoms with Crippen molar-refractivity contribution in [3.05, 3.63) is 82.9 Å². The Morgan fingerprint density at radius 2 is 1.86 bits per heavy atom. The molecule has 1 aliphatic heterocycles. The summed E-state index contributed by atoms with van der Waals surface area (Å²) in [5.41, 5.74) is 7.27. The quantitative estimate of drug-likeness (QED) is 0.226. The Morgan fingerprint density at radius 3 is 2.67 bits per heavy atom. The van der Waals surface area contributed by atoms with E-state index < -0.39 is 22.0 Å². The van der Waals surface area contributed by atoms with E-state index in [1.54, 1.807) is 0 Å². The number of fused-ring (bicyclic) bond motifs is 3. The molecule has 0 spiro atoms. The van der Waals surface area contributed by atoms with Crippen LogP contribution >= 0.6 is 0 Å². The van der Waals surface area contributed by atoms with Gasteiger partial charge in [-0.15, -0.1) is 0 Å². The van der Waals surface area contributed by atoms with Gasteiger partial charge in [-0.05, 0) is 90.1 Å². The third-order valence-electron chi connectivity index (χ3n) is 7.97. The lowest BCUT2D eigenvalue weighted by atomic mass is 9.91. The van der Waals surface area contributed by atoms with Gasteiger partial charge in [-0.2, -0.15) is 8.42 Å². The van der Waals surface area contributed by atoms with Gasteiger partial charge in [0.15, 0.2) is 0 Å². The normalized spacial score (nSPS) is 17.2. The van der Waals surface area contributed by atoms with Crippen LogP contribution in [0.25, 0.3) is 11.1 Å². The molecule has 9 nitrogen and oxygen atoms in total. The molecule has 1 aliphatic carbocycles. The summed E-state index contributed by atoms with van der Waals surface area (Å²) in [5.74, 6) is 1.25. The first kappa shape index (κ1) is 29.6. The van der Waals surface area contributed by atoms with Gasteiger partial charge in [-0.25, -0.2) is 4.79 Å². The van der Waals surface area contributed by atoms with Gasteiger partial charge in [0.1, 0.15) is 12.4 Å². The van der Waals surface area contributed by atoms with E-state index in [0.717, 1.165) is 46.7 Å². The first-order valence-corrected chi connectivity index (χ1v) is 15.8. The number of aryl methyl sites for hydroxylation is 1. The molecule has 2 unspecified atom stereocenters. The minimum absolute atomic E-state index is 0.00137. The van der Waals surface area contributed by atoms with Crippen LogP contribution in [0.3, 0.4) is 0 Å². The number of carbonyl (C=O) groups excluding carboxylic acids is 2. The first-order valence-electron chi connectivity index (χ1n) is 14.2. The van der Waals surface area contributed by atoms with Gasteiger partial charge in [-0.1, -0.05) is 42.5 Å². The zero-order valence-electron chi connectivity index (χ0n) is 23.8. The predicted octanol–water partition coefficient (Wildman–Crippen LogP) is 5.39. The third-order valence-corrected chi connectivity index (χ3v) is 8.69. The maximum absolute atomic E-state index is 13.4. The molecule has 42 heavy (non-hydrogen) atoms. The molecule has 2 N–H and O–H groups in total. The highest BCUT2D eigenvalue weighted by Gasteiger charge is 2.47. The van der Waals surface area contributed by atoms with E-state index in [9.17, 15) is 18.0 Å². The predicted molar refractivity (Wildman–Crippen MR) is 160 cm³/mol. The molecule has 1 saturated carbocycles. The molecule has 222 valence electrons. The number of anilines is 1. The molecule has 10 heteroatoms. The SMILES string of the molecule is Cc1cccc(OCCCC(=O)N2CC3CC3c3c(-c4cccc(COC(=O)NCCS(=O)(=O)O)c4)cccc32)c1C. The lowest BCUT2D eigenvalue weighted by molar-refractivity contribution is -0.119. The van der Waals surface area contributed by atoms with Crippen molar-refractivity contribution in [2.24, 2.45) is 5.92 Å². The summed E-state index contributed by atoms with van der Waals surface area (Å²) in [7, 11) is -4.16. The highest BCUT2D eigenvalue weighted by molar-refractivity contribution is 7.85. The third kappa shape index (κ3) is 7.11. The van der Waals surface area contributed by atoms with Crippen LogP contribution in [0.15, 0.2) is 60.7 Å². The van der Waals surface area contributed by atoms with Crippen LogP contribution < -0.4 is 15.0 Å². The van der Waals surface area contributed by atoms with Gasteiger partial charge < -0.3 is 19.7 Å². The van der Waals surface area contributed by atoms with Gasteiger partial charge in [-0.3, -0.25) is 9.35 Å². The number of nitrogens with zero attached hydrogens (tertiary/aromatic N) is 1. The van der Waals surface area contributed by atoms with Crippen molar-refractivity contribution in [2.45, 2.75) is 45.6 Å². The molecular formula is C32H36N2O7S. The summed E-state index contributed by atoms with van der Waals surface area (Å²) in [6.07, 6.45) is 1.33. The molecule has 0 aromatic heterocycles. The van der Waals surface area contributed by atoms with Crippen molar-refractivity contribution in [3.63, 3.8) is 0 Å². The minimum Gasteiger partial charge on any atom is -0.493 e. The van der Waals surface area contributed by atoms with Crippen LogP contribution in [0.5, 0.6) is 5.75 Å². The molecule has 0 bridgehead atoms. The molecule has 3 aromatic carbocycles. The van der Waals surface area contributed by atoms with Crippen molar-refractivity contribution in [1.29, 1.82) is 0 Å². The molecule has 3 aromatic rings. The number of hydrogen-bond donors (Lipinski definition) is 2. The number of rotatable bonds is 11. The Balaban J connectivity index is 1.23. The molecule has 1 fully saturated rings. The Kier molecular flexibility index (Phi) is 8.84. The fraction of sp³-hybridized carbons (Fsp3) is 0.375. The lowest BCUT2D eigenvalue weighted by Gasteiger charge is -2.31. The topological polar surface area (TPSA) is 122 Å². The van der Waals surface area contributed by atoms with E-state index in [1.165, 1.54) is 11.1 Å². The molecule has 1 heterocycles. The Labute approximate surface area is 246 Å². The van der Waals surface area contributed by atoms with E-state index in [0.29, 0.717) is 31.3 Å². The van der Waals surface area contributed by atoms with Crippen molar-refractivity contribution < 1.29 is 32.0 Å². The van der Waals surface area contributed by atoms with E-state index in [2.05, 4.69) is 24.4 Å². The molecule has 0 radical (unpaired) electrons. The summed E-state index contributed by atoms with van der Waals surface area (Å²) in [6.45, 7) is 5.07. The smallest absolute Gasteiger partial charge is 0.407 e. The molecule has 2 atom stereocenters. The van der Waals surface area contributed by atoms with E-state index in [-0.39, 0.29) is 19.1 Å². The summed E-state index contributed by atoms with van der Waals surface area (Å²) in [5, 5.41) is 2.31. The monoisotopic (exact) mass is 592 g/mol. The van der Waals surface area contributed by atoms with Gasteiger partial charge in [0.05, 0.1) is 12.4 Å². The fourth-order valence-corrected chi connectivity index (χ4v) is 5.89. The Bertz CT molecular complexity index is 1590. The second-order valence-electron chi connectivity index (χ2n) is 11.0. The average molecular weight is 593 g/mol. The Hall–Kier alpha value is -3.89. The number of ether oxygens (including phenoxy) is 2. The van der Waals surface area contributed by atoms with Gasteiger partial charge in [0.2, 0.25) is 5.91 Å². The number of hydrogen-bond acceptors (Lipinski definition) is 6. The summed E-state index contributed by atoms with van der Waals surface area (Å²) in [4.78, 5) is 27.3. The maximum Gasteiger partial charge on any atom is 0.407 e. The first-order chi connectivity index (χ1) is 20.1. The van der Waals surface area contributed by atoms with Gasteiger partial charge in [0, 0.05) is 25.2 Å². The van der Waals surface area contributed by atoms with Crippen LogP contribution in [-0.2, 0) is 26.3 Å². The molecule has 5 rings (SSSR count). The fourth-order valence-electron chi connectivity index (χ4n) is 5.53. The van der Waals surface area contributed by atoms with Gasteiger partial charge >= 0.3 is 6.09 Å². The largest absolute Gasteiger partial charge is 0.493 e.